The van der Waals surface area contributed by atoms with Gasteiger partial charge in [-0.05, 0) is 31.2 Å². The molecule has 0 aromatic carbocycles. The molecule has 0 aromatic heterocycles. The number of fused-ring (bicyclic) bond motifs is 2. The summed E-state index contributed by atoms with van der Waals surface area (Å²) >= 11 is 0. The van der Waals surface area contributed by atoms with Crippen molar-refractivity contribution in [2.24, 2.45) is 16.7 Å². The van der Waals surface area contributed by atoms with Crippen LogP contribution in [0.5, 0.6) is 0 Å². The van der Waals surface area contributed by atoms with Crippen molar-refractivity contribution < 1.29 is 13.2 Å². The fourth-order valence-corrected chi connectivity index (χ4v) is 4.98. The number of carbonyl (C=O) groups excluding carboxylic acids is 1. The molecule has 2 aliphatic carbocycles. The molecular weight excluding hydrogens is 226 g/mol. The molecule has 5 heteroatoms. The Morgan fingerprint density at radius 3 is 2.44 bits per heavy atom. The quantitative estimate of drug-likeness (QED) is 0.804. The number of ketones is 1. The van der Waals surface area contributed by atoms with Gasteiger partial charge in [0.2, 0.25) is 10.0 Å². The molecule has 0 amide bonds. The summed E-state index contributed by atoms with van der Waals surface area (Å²) in [6.07, 6.45) is 2.27. The number of carbonyl (C=O) groups is 1. The summed E-state index contributed by atoms with van der Waals surface area (Å²) < 4.78 is 25.7. The minimum Gasteiger partial charge on any atom is -0.299 e. The molecule has 92 valence electrons. The first-order valence-corrected chi connectivity index (χ1v) is 7.35. The number of hydrogen-bond donors (Lipinski definition) is 1. The Kier molecular flexibility index (Phi) is 2.48. The van der Waals surface area contributed by atoms with Gasteiger partial charge in [0.1, 0.15) is 5.78 Å². The number of Topliss-reactive ketones (excluding diaryl/α,β-unsaturated/α-hetero) is 1. The molecule has 2 atom stereocenters. The third kappa shape index (κ3) is 1.37. The molecule has 0 spiro atoms. The van der Waals surface area contributed by atoms with Crippen LogP contribution in [0.2, 0.25) is 0 Å². The van der Waals surface area contributed by atoms with Gasteiger partial charge in [-0.3, -0.25) is 4.79 Å². The van der Waals surface area contributed by atoms with Gasteiger partial charge in [-0.2, -0.15) is 0 Å². The van der Waals surface area contributed by atoms with Crippen molar-refractivity contribution in [3.05, 3.63) is 0 Å². The summed E-state index contributed by atoms with van der Waals surface area (Å²) in [6.45, 7) is 4.08. The maximum absolute atomic E-state index is 12.1. The Bertz CT molecular complexity index is 427. The minimum atomic E-state index is -3.32. The molecule has 2 saturated carbocycles. The molecule has 2 fully saturated rings. The third-order valence-electron chi connectivity index (χ3n) is 4.89. The van der Waals surface area contributed by atoms with Crippen LogP contribution in [0, 0.1) is 16.7 Å². The lowest BCUT2D eigenvalue weighted by Gasteiger charge is -2.35. The topological polar surface area (TPSA) is 63.2 Å². The van der Waals surface area contributed by atoms with Gasteiger partial charge in [-0.1, -0.05) is 13.8 Å². The fraction of sp³-hybridized carbons (Fsp3) is 0.909. The zero-order valence-electron chi connectivity index (χ0n) is 10.0. The van der Waals surface area contributed by atoms with E-state index in [2.05, 4.69) is 4.72 Å². The lowest BCUT2D eigenvalue weighted by Crippen LogP contribution is -2.44. The zero-order valence-corrected chi connectivity index (χ0v) is 10.9. The SMILES string of the molecule is CNS(=O)(=O)C[C@]12CC[C@H](CC1=O)C2(C)C. The Labute approximate surface area is 96.8 Å². The van der Waals surface area contributed by atoms with Crippen LogP contribution in [0.4, 0.5) is 0 Å². The molecule has 4 nitrogen and oxygen atoms in total. The second-order valence-electron chi connectivity index (χ2n) is 5.63. The summed E-state index contributed by atoms with van der Waals surface area (Å²) in [6, 6.07) is 0. The lowest BCUT2D eigenvalue weighted by atomic mass is 9.70. The van der Waals surface area contributed by atoms with Crippen LogP contribution < -0.4 is 4.72 Å². The van der Waals surface area contributed by atoms with E-state index in [0.717, 1.165) is 12.8 Å². The highest BCUT2D eigenvalue weighted by Gasteiger charge is 2.65. The molecule has 2 bridgehead atoms. The van der Waals surface area contributed by atoms with Gasteiger partial charge >= 0.3 is 0 Å². The van der Waals surface area contributed by atoms with Gasteiger partial charge < -0.3 is 0 Å². The molecule has 0 saturated heterocycles. The first-order valence-electron chi connectivity index (χ1n) is 5.70. The van der Waals surface area contributed by atoms with Crippen LogP contribution >= 0.6 is 0 Å². The number of sulfonamides is 1. The van der Waals surface area contributed by atoms with Gasteiger partial charge in [0.15, 0.2) is 0 Å². The van der Waals surface area contributed by atoms with Crippen molar-refractivity contribution in [3.8, 4) is 0 Å². The standard InChI is InChI=1S/C11H19NO3S/c1-10(2)8-4-5-11(10,9(13)6-8)7-16(14,15)12-3/h8,12H,4-7H2,1-3H3/t8-,11-/m1/s1. The largest absolute Gasteiger partial charge is 0.299 e. The predicted octanol–water partition coefficient (Wildman–Crippen LogP) is 0.931. The van der Waals surface area contributed by atoms with Crippen molar-refractivity contribution >= 4 is 15.8 Å². The molecule has 0 radical (unpaired) electrons. The maximum Gasteiger partial charge on any atom is 0.212 e. The molecule has 0 aliphatic heterocycles. The van der Waals surface area contributed by atoms with E-state index in [1.165, 1.54) is 7.05 Å². The predicted molar refractivity (Wildman–Crippen MR) is 61.4 cm³/mol. The molecular formula is C11H19NO3S. The average Bonchev–Trinajstić information content (AvgIpc) is 2.51. The Hall–Kier alpha value is -0.420. The summed E-state index contributed by atoms with van der Waals surface area (Å²) in [5.74, 6) is 0.471. The normalized spacial score (nSPS) is 36.9. The second-order valence-corrected chi connectivity index (χ2v) is 7.56. The molecule has 2 rings (SSSR count). The first kappa shape index (κ1) is 12.0. The van der Waals surface area contributed by atoms with E-state index in [0.29, 0.717) is 12.3 Å². The summed E-state index contributed by atoms with van der Waals surface area (Å²) in [7, 11) is -1.91. The van der Waals surface area contributed by atoms with Crippen LogP contribution in [-0.4, -0.2) is 27.0 Å². The fourth-order valence-electron chi connectivity index (χ4n) is 3.50. The first-order chi connectivity index (χ1) is 7.25. The van der Waals surface area contributed by atoms with Crippen LogP contribution in [0.25, 0.3) is 0 Å². The maximum atomic E-state index is 12.1. The van der Waals surface area contributed by atoms with Gasteiger partial charge in [-0.25, -0.2) is 13.1 Å². The molecule has 0 aromatic rings. The van der Waals surface area contributed by atoms with Crippen molar-refractivity contribution in [3.63, 3.8) is 0 Å². The van der Waals surface area contributed by atoms with E-state index in [4.69, 9.17) is 0 Å². The van der Waals surface area contributed by atoms with Crippen LogP contribution in [0.1, 0.15) is 33.1 Å². The highest BCUT2D eigenvalue weighted by Crippen LogP contribution is 2.64. The molecule has 1 N–H and O–H groups in total. The Morgan fingerprint density at radius 2 is 2.06 bits per heavy atom. The monoisotopic (exact) mass is 245 g/mol. The zero-order chi connectivity index (χ0) is 12.2. The van der Waals surface area contributed by atoms with E-state index in [1.807, 2.05) is 13.8 Å². The molecule has 2 aliphatic rings. The smallest absolute Gasteiger partial charge is 0.212 e. The van der Waals surface area contributed by atoms with Crippen molar-refractivity contribution in [1.29, 1.82) is 0 Å². The van der Waals surface area contributed by atoms with E-state index >= 15 is 0 Å². The van der Waals surface area contributed by atoms with Gasteiger partial charge in [-0.15, -0.1) is 0 Å². The lowest BCUT2D eigenvalue weighted by molar-refractivity contribution is -0.128. The molecule has 16 heavy (non-hydrogen) atoms. The number of hydrogen-bond acceptors (Lipinski definition) is 3. The Balaban J connectivity index is 2.40. The van der Waals surface area contributed by atoms with Gasteiger partial charge in [0, 0.05) is 11.8 Å². The second kappa shape index (κ2) is 3.29. The highest BCUT2D eigenvalue weighted by atomic mass is 32.2. The average molecular weight is 245 g/mol. The van der Waals surface area contributed by atoms with E-state index < -0.39 is 15.4 Å². The molecule has 0 heterocycles. The summed E-state index contributed by atoms with van der Waals surface area (Å²) in [5.41, 5.74) is -0.812. The van der Waals surface area contributed by atoms with Crippen LogP contribution in [-0.2, 0) is 14.8 Å². The highest BCUT2D eigenvalue weighted by molar-refractivity contribution is 7.89. The van der Waals surface area contributed by atoms with Gasteiger partial charge in [0.05, 0.1) is 5.75 Å². The summed E-state index contributed by atoms with van der Waals surface area (Å²) in [4.78, 5) is 12.1. The van der Waals surface area contributed by atoms with Crippen LogP contribution in [0.3, 0.4) is 0 Å². The van der Waals surface area contributed by atoms with E-state index in [-0.39, 0.29) is 17.0 Å². The van der Waals surface area contributed by atoms with Crippen LogP contribution in [0.15, 0.2) is 0 Å². The van der Waals surface area contributed by atoms with E-state index in [9.17, 15) is 13.2 Å². The number of nitrogens with one attached hydrogen (secondary N) is 1. The van der Waals surface area contributed by atoms with Crippen molar-refractivity contribution in [2.45, 2.75) is 33.1 Å². The molecule has 0 unspecified atom stereocenters. The minimum absolute atomic E-state index is 0.0428. The van der Waals surface area contributed by atoms with Crippen molar-refractivity contribution in [1.82, 2.24) is 4.72 Å². The van der Waals surface area contributed by atoms with Crippen molar-refractivity contribution in [2.75, 3.05) is 12.8 Å². The summed E-state index contributed by atoms with van der Waals surface area (Å²) in [5, 5.41) is 0. The van der Waals surface area contributed by atoms with Gasteiger partial charge in [0.25, 0.3) is 0 Å². The third-order valence-corrected chi connectivity index (χ3v) is 6.38. The number of rotatable bonds is 3. The Morgan fingerprint density at radius 1 is 1.44 bits per heavy atom. The van der Waals surface area contributed by atoms with E-state index in [1.54, 1.807) is 0 Å².